The molecule has 1 fully saturated rings. The smallest absolute Gasteiger partial charge is 0.119 e. The van der Waals surface area contributed by atoms with Crippen molar-refractivity contribution in [3.05, 3.63) is 41.5 Å². The Hall–Kier alpha value is -1.28. The Balaban J connectivity index is 1.82. The van der Waals surface area contributed by atoms with Crippen LogP contribution >= 0.6 is 0 Å². The second-order valence-corrected chi connectivity index (χ2v) is 8.65. The lowest BCUT2D eigenvalue weighted by Crippen LogP contribution is -2.14. The Labute approximate surface area is 180 Å². The highest BCUT2D eigenvalue weighted by molar-refractivity contribution is 5.27. The lowest BCUT2D eigenvalue weighted by Gasteiger charge is -2.11. The first-order valence-electron chi connectivity index (χ1n) is 12.2. The Bertz CT molecular complexity index is 589. The number of rotatable bonds is 16. The molecule has 0 radical (unpaired) electrons. The molecule has 1 aliphatic rings. The van der Waals surface area contributed by atoms with E-state index in [2.05, 4.69) is 58.0 Å². The summed E-state index contributed by atoms with van der Waals surface area (Å²) in [6.07, 6.45) is 17.6. The number of epoxide rings is 1. The Morgan fingerprint density at radius 3 is 2.34 bits per heavy atom. The molecule has 0 bridgehead atoms. The molecular formula is C27H44O2. The van der Waals surface area contributed by atoms with E-state index in [9.17, 15) is 0 Å². The molecule has 29 heavy (non-hydrogen) atoms. The second-order valence-electron chi connectivity index (χ2n) is 8.65. The number of benzene rings is 1. The Kier molecular flexibility index (Phi) is 10.8. The molecule has 2 heteroatoms. The van der Waals surface area contributed by atoms with E-state index < -0.39 is 0 Å². The summed E-state index contributed by atoms with van der Waals surface area (Å²) in [5.41, 5.74) is 3.11. The van der Waals surface area contributed by atoms with Crippen LogP contribution in [-0.2, 0) is 11.2 Å². The van der Waals surface area contributed by atoms with Gasteiger partial charge >= 0.3 is 0 Å². The lowest BCUT2D eigenvalue weighted by atomic mass is 9.91. The topological polar surface area (TPSA) is 21.8 Å². The van der Waals surface area contributed by atoms with Crippen LogP contribution in [-0.4, -0.2) is 18.3 Å². The first-order chi connectivity index (χ1) is 14.2. The van der Waals surface area contributed by atoms with Crippen LogP contribution in [0.25, 0.3) is 0 Å². The van der Waals surface area contributed by atoms with Gasteiger partial charge in [-0.05, 0) is 68.7 Å². The average Bonchev–Trinajstić information content (AvgIpc) is 3.45. The van der Waals surface area contributed by atoms with Gasteiger partial charge in [-0.15, -0.1) is 0 Å². The summed E-state index contributed by atoms with van der Waals surface area (Å²) < 4.78 is 12.2. The van der Waals surface area contributed by atoms with Gasteiger partial charge in [0.1, 0.15) is 12.4 Å². The van der Waals surface area contributed by atoms with E-state index in [1.807, 2.05) is 0 Å². The van der Waals surface area contributed by atoms with Crippen molar-refractivity contribution in [1.29, 1.82) is 0 Å². The van der Waals surface area contributed by atoms with E-state index in [1.165, 1.54) is 63.4 Å². The molecule has 1 heterocycles. The third-order valence-electron chi connectivity index (χ3n) is 6.49. The molecule has 1 aromatic carbocycles. The second kappa shape index (κ2) is 13.1. The van der Waals surface area contributed by atoms with E-state index in [0.29, 0.717) is 12.7 Å². The quantitative estimate of drug-likeness (QED) is 0.159. The van der Waals surface area contributed by atoms with Gasteiger partial charge in [-0.25, -0.2) is 0 Å². The fourth-order valence-corrected chi connectivity index (χ4v) is 4.28. The molecule has 0 amide bonds. The molecule has 2 atom stereocenters. The predicted molar refractivity (Wildman–Crippen MR) is 125 cm³/mol. The first kappa shape index (κ1) is 24.0. The van der Waals surface area contributed by atoms with Crippen molar-refractivity contribution in [3.8, 4) is 5.75 Å². The molecular weight excluding hydrogens is 356 g/mol. The summed E-state index contributed by atoms with van der Waals surface area (Å²) in [5.74, 6) is 0.970. The molecule has 1 saturated heterocycles. The molecule has 1 aliphatic heterocycles. The van der Waals surface area contributed by atoms with Gasteiger partial charge in [-0.3, -0.25) is 0 Å². The maximum absolute atomic E-state index is 6.21. The number of hydrogen-bond donors (Lipinski definition) is 0. The van der Waals surface area contributed by atoms with Gasteiger partial charge < -0.3 is 9.47 Å². The Morgan fingerprint density at radius 1 is 0.966 bits per heavy atom. The highest BCUT2D eigenvalue weighted by Gasteiger charge is 2.53. The standard InChI is InChI=1S/C27H44O2/c1-5-9-11-13-24(20-22-28-25-17-14-23(7-3)15-18-25)16-19-26-27(8-4,29-26)21-12-10-6-2/h14-15,17-18,20,26H,5-13,16,19,21-22H2,1-4H3. The van der Waals surface area contributed by atoms with Crippen molar-refractivity contribution in [2.45, 2.75) is 116 Å². The van der Waals surface area contributed by atoms with Crippen LogP contribution < -0.4 is 4.74 Å². The molecule has 2 nitrogen and oxygen atoms in total. The van der Waals surface area contributed by atoms with Crippen LogP contribution in [0, 0.1) is 0 Å². The summed E-state index contributed by atoms with van der Waals surface area (Å²) in [6, 6.07) is 8.50. The molecule has 2 unspecified atom stereocenters. The van der Waals surface area contributed by atoms with Crippen LogP contribution in [0.15, 0.2) is 35.9 Å². The minimum absolute atomic E-state index is 0.196. The first-order valence-corrected chi connectivity index (χ1v) is 12.2. The van der Waals surface area contributed by atoms with Gasteiger partial charge in [-0.2, -0.15) is 0 Å². The van der Waals surface area contributed by atoms with Gasteiger partial charge in [0.15, 0.2) is 0 Å². The zero-order valence-corrected chi connectivity index (χ0v) is 19.5. The molecule has 0 saturated carbocycles. The molecule has 0 aliphatic carbocycles. The van der Waals surface area contributed by atoms with Crippen molar-refractivity contribution in [3.63, 3.8) is 0 Å². The minimum Gasteiger partial charge on any atom is -0.490 e. The van der Waals surface area contributed by atoms with Crippen molar-refractivity contribution >= 4 is 0 Å². The van der Waals surface area contributed by atoms with Crippen molar-refractivity contribution in [2.24, 2.45) is 0 Å². The molecule has 0 N–H and O–H groups in total. The normalized spacial score (nSPS) is 21.4. The van der Waals surface area contributed by atoms with E-state index in [1.54, 1.807) is 5.57 Å². The van der Waals surface area contributed by atoms with Crippen molar-refractivity contribution in [1.82, 2.24) is 0 Å². The molecule has 164 valence electrons. The summed E-state index contributed by atoms with van der Waals surface area (Å²) in [5, 5.41) is 0. The highest BCUT2D eigenvalue weighted by Crippen LogP contribution is 2.46. The SMILES string of the molecule is CCCCCC(=CCOc1ccc(CC)cc1)CCC1OC1(CC)CCCCC. The summed E-state index contributed by atoms with van der Waals surface area (Å²) in [7, 11) is 0. The van der Waals surface area contributed by atoms with Gasteiger partial charge in [0.2, 0.25) is 0 Å². The van der Waals surface area contributed by atoms with E-state index in [0.717, 1.165) is 25.0 Å². The average molecular weight is 401 g/mol. The number of allylic oxidation sites excluding steroid dienone is 1. The zero-order chi connectivity index (χ0) is 21.0. The Morgan fingerprint density at radius 2 is 1.69 bits per heavy atom. The summed E-state index contributed by atoms with van der Waals surface area (Å²) >= 11 is 0. The van der Waals surface area contributed by atoms with Crippen LogP contribution in [0.2, 0.25) is 0 Å². The van der Waals surface area contributed by atoms with Crippen LogP contribution in [0.3, 0.4) is 0 Å². The number of hydrogen-bond acceptors (Lipinski definition) is 2. The lowest BCUT2D eigenvalue weighted by molar-refractivity contribution is 0.266. The summed E-state index contributed by atoms with van der Waals surface area (Å²) in [6.45, 7) is 9.70. The fraction of sp³-hybridized carbons (Fsp3) is 0.704. The predicted octanol–water partition coefficient (Wildman–Crippen LogP) is 8.04. The third-order valence-corrected chi connectivity index (χ3v) is 6.49. The van der Waals surface area contributed by atoms with Gasteiger partial charge in [-0.1, -0.05) is 77.5 Å². The maximum Gasteiger partial charge on any atom is 0.119 e. The molecule has 1 aromatic rings. The fourth-order valence-electron chi connectivity index (χ4n) is 4.28. The maximum atomic E-state index is 6.21. The summed E-state index contributed by atoms with van der Waals surface area (Å²) in [4.78, 5) is 0. The van der Waals surface area contributed by atoms with Crippen molar-refractivity contribution in [2.75, 3.05) is 6.61 Å². The minimum atomic E-state index is 0.196. The molecule has 2 rings (SSSR count). The largest absolute Gasteiger partial charge is 0.490 e. The highest BCUT2D eigenvalue weighted by atomic mass is 16.6. The third kappa shape index (κ3) is 8.16. The number of ether oxygens (including phenoxy) is 2. The van der Waals surface area contributed by atoms with E-state index >= 15 is 0 Å². The van der Waals surface area contributed by atoms with E-state index in [-0.39, 0.29) is 5.60 Å². The van der Waals surface area contributed by atoms with Crippen LogP contribution in [0.4, 0.5) is 0 Å². The number of unbranched alkanes of at least 4 members (excludes halogenated alkanes) is 4. The van der Waals surface area contributed by atoms with Gasteiger partial charge in [0.05, 0.1) is 11.7 Å². The van der Waals surface area contributed by atoms with Gasteiger partial charge in [0, 0.05) is 0 Å². The monoisotopic (exact) mass is 400 g/mol. The van der Waals surface area contributed by atoms with Crippen LogP contribution in [0.5, 0.6) is 5.75 Å². The number of aryl methyl sites for hydroxylation is 1. The van der Waals surface area contributed by atoms with Crippen molar-refractivity contribution < 1.29 is 9.47 Å². The van der Waals surface area contributed by atoms with Gasteiger partial charge in [0.25, 0.3) is 0 Å². The van der Waals surface area contributed by atoms with E-state index in [4.69, 9.17) is 9.47 Å². The van der Waals surface area contributed by atoms with Crippen LogP contribution in [0.1, 0.15) is 104 Å². The molecule has 0 spiro atoms. The molecule has 0 aromatic heterocycles. The zero-order valence-electron chi connectivity index (χ0n) is 19.5.